The van der Waals surface area contributed by atoms with Crippen LogP contribution in [0.15, 0.2) is 53.7 Å². The van der Waals surface area contributed by atoms with Crippen molar-refractivity contribution < 1.29 is 8.42 Å². The molecule has 1 aromatic carbocycles. The van der Waals surface area contributed by atoms with Crippen LogP contribution in [0.25, 0.3) is 5.52 Å². The Balaban J connectivity index is 2.00. The Labute approximate surface area is 127 Å². The van der Waals surface area contributed by atoms with Crippen molar-refractivity contribution in [3.8, 4) is 0 Å². The number of aryl methyl sites for hydroxylation is 1. The molecule has 0 fully saturated rings. The van der Waals surface area contributed by atoms with E-state index in [0.717, 1.165) is 5.52 Å². The van der Waals surface area contributed by atoms with Gasteiger partial charge in [-0.2, -0.15) is 5.10 Å². The molecule has 0 bridgehead atoms. The summed E-state index contributed by atoms with van der Waals surface area (Å²) in [5, 5.41) is 4.44. The molecule has 3 aromatic rings. The van der Waals surface area contributed by atoms with E-state index < -0.39 is 10.0 Å². The molecule has 0 amide bonds. The third kappa shape index (κ3) is 2.72. The number of rotatable bonds is 3. The van der Waals surface area contributed by atoms with E-state index in [0.29, 0.717) is 16.3 Å². The smallest absolute Gasteiger partial charge is 0.262 e. The Kier molecular flexibility index (Phi) is 3.35. The minimum atomic E-state index is -3.68. The molecule has 0 spiro atoms. The number of anilines is 1. The average Bonchev–Trinajstić information content (AvgIpc) is 2.88. The number of benzene rings is 1. The Hall–Kier alpha value is -2.05. The van der Waals surface area contributed by atoms with E-state index in [-0.39, 0.29) is 4.90 Å². The number of halogens is 1. The molecule has 3 rings (SSSR count). The van der Waals surface area contributed by atoms with Crippen molar-refractivity contribution in [1.82, 2.24) is 9.61 Å². The van der Waals surface area contributed by atoms with Crippen molar-refractivity contribution in [3.05, 3.63) is 59.4 Å². The Morgan fingerprint density at radius 3 is 2.81 bits per heavy atom. The fourth-order valence-electron chi connectivity index (χ4n) is 2.06. The molecule has 0 radical (unpaired) electrons. The highest BCUT2D eigenvalue weighted by molar-refractivity contribution is 7.92. The second-order valence-electron chi connectivity index (χ2n) is 4.63. The molecule has 0 aliphatic heterocycles. The van der Waals surface area contributed by atoms with E-state index in [1.807, 2.05) is 0 Å². The quantitative estimate of drug-likeness (QED) is 0.806. The molecule has 21 heavy (non-hydrogen) atoms. The second kappa shape index (κ2) is 5.05. The Morgan fingerprint density at radius 2 is 2.00 bits per heavy atom. The molecule has 108 valence electrons. The molecular weight excluding hydrogens is 310 g/mol. The zero-order valence-electron chi connectivity index (χ0n) is 11.1. The van der Waals surface area contributed by atoms with Crippen molar-refractivity contribution in [2.75, 3.05) is 4.72 Å². The van der Waals surface area contributed by atoms with Gasteiger partial charge < -0.3 is 0 Å². The first kappa shape index (κ1) is 13.9. The summed E-state index contributed by atoms with van der Waals surface area (Å²) >= 11 is 5.89. The number of aromatic nitrogens is 2. The van der Waals surface area contributed by atoms with Crippen LogP contribution in [-0.2, 0) is 10.0 Å². The van der Waals surface area contributed by atoms with Gasteiger partial charge in [0.2, 0.25) is 0 Å². The lowest BCUT2D eigenvalue weighted by Gasteiger charge is -2.11. The van der Waals surface area contributed by atoms with Gasteiger partial charge in [-0.15, -0.1) is 0 Å². The fourth-order valence-corrected chi connectivity index (χ4v) is 3.62. The highest BCUT2D eigenvalue weighted by Crippen LogP contribution is 2.23. The van der Waals surface area contributed by atoms with E-state index >= 15 is 0 Å². The maximum Gasteiger partial charge on any atom is 0.262 e. The van der Waals surface area contributed by atoms with Gasteiger partial charge in [-0.3, -0.25) is 4.72 Å². The zero-order valence-corrected chi connectivity index (χ0v) is 12.7. The summed E-state index contributed by atoms with van der Waals surface area (Å²) in [6.07, 6.45) is 3.34. The molecule has 2 aromatic heterocycles. The lowest BCUT2D eigenvalue weighted by molar-refractivity contribution is 0.600. The van der Waals surface area contributed by atoms with Crippen molar-refractivity contribution in [2.24, 2.45) is 0 Å². The van der Waals surface area contributed by atoms with Crippen molar-refractivity contribution in [3.63, 3.8) is 0 Å². The molecule has 0 saturated carbocycles. The molecule has 0 atom stereocenters. The summed E-state index contributed by atoms with van der Waals surface area (Å²) in [6, 6.07) is 9.94. The van der Waals surface area contributed by atoms with Crippen LogP contribution in [0.2, 0.25) is 5.02 Å². The number of fused-ring (bicyclic) bond motifs is 1. The Bertz CT molecular complexity index is 919. The number of hydrogen-bond acceptors (Lipinski definition) is 3. The normalized spacial score (nSPS) is 11.7. The van der Waals surface area contributed by atoms with Gasteiger partial charge in [0, 0.05) is 17.4 Å². The van der Waals surface area contributed by atoms with Gasteiger partial charge in [-0.05, 0) is 42.8 Å². The second-order valence-corrected chi connectivity index (χ2v) is 6.72. The van der Waals surface area contributed by atoms with E-state index in [9.17, 15) is 8.42 Å². The summed E-state index contributed by atoms with van der Waals surface area (Å²) < 4.78 is 29.1. The van der Waals surface area contributed by atoms with Crippen molar-refractivity contribution >= 4 is 32.8 Å². The third-order valence-corrected chi connectivity index (χ3v) is 4.85. The standard InChI is InChI=1S/C14H12ClN3O2S/c1-10-2-3-11(15)8-14(10)21(19,20)17-12-5-7-18-13(9-12)4-6-16-18/h2-9,17H,1H3. The third-order valence-electron chi connectivity index (χ3n) is 3.09. The number of sulfonamides is 1. The maximum atomic E-state index is 12.5. The van der Waals surface area contributed by atoms with Gasteiger partial charge in [-0.1, -0.05) is 17.7 Å². The predicted octanol–water partition coefficient (Wildman–Crippen LogP) is 3.10. The Morgan fingerprint density at radius 1 is 1.19 bits per heavy atom. The maximum absolute atomic E-state index is 12.5. The van der Waals surface area contributed by atoms with Crippen LogP contribution in [0, 0.1) is 6.92 Å². The van der Waals surface area contributed by atoms with E-state index in [1.165, 1.54) is 6.07 Å². The van der Waals surface area contributed by atoms with Crippen LogP contribution in [-0.4, -0.2) is 18.0 Å². The van der Waals surface area contributed by atoms with Gasteiger partial charge >= 0.3 is 0 Å². The summed E-state index contributed by atoms with van der Waals surface area (Å²) in [5.41, 5.74) is 1.91. The summed E-state index contributed by atoms with van der Waals surface area (Å²) in [6.45, 7) is 1.73. The minimum Gasteiger partial charge on any atom is -0.279 e. The molecule has 0 unspecified atom stereocenters. The highest BCUT2D eigenvalue weighted by Gasteiger charge is 2.17. The van der Waals surface area contributed by atoms with E-state index in [2.05, 4.69) is 9.82 Å². The van der Waals surface area contributed by atoms with Crippen LogP contribution in [0.5, 0.6) is 0 Å². The number of hydrogen-bond donors (Lipinski definition) is 1. The van der Waals surface area contributed by atoms with Crippen molar-refractivity contribution in [1.29, 1.82) is 0 Å². The molecule has 7 heteroatoms. The van der Waals surface area contributed by atoms with E-state index in [1.54, 1.807) is 54.2 Å². The lowest BCUT2D eigenvalue weighted by Crippen LogP contribution is -2.14. The van der Waals surface area contributed by atoms with Gasteiger partial charge in [0.05, 0.1) is 16.1 Å². The lowest BCUT2D eigenvalue weighted by atomic mass is 10.2. The largest absolute Gasteiger partial charge is 0.279 e. The molecule has 0 saturated heterocycles. The number of pyridine rings is 1. The highest BCUT2D eigenvalue weighted by atomic mass is 35.5. The fraction of sp³-hybridized carbons (Fsp3) is 0.0714. The van der Waals surface area contributed by atoms with Crippen molar-refractivity contribution in [2.45, 2.75) is 11.8 Å². The zero-order chi connectivity index (χ0) is 15.0. The molecule has 2 heterocycles. The topological polar surface area (TPSA) is 63.5 Å². The first-order valence-corrected chi connectivity index (χ1v) is 8.04. The van der Waals surface area contributed by atoms with Gasteiger partial charge in [0.1, 0.15) is 0 Å². The molecular formula is C14H12ClN3O2S. The summed E-state index contributed by atoms with van der Waals surface area (Å²) in [7, 11) is -3.68. The average molecular weight is 322 g/mol. The van der Waals surface area contributed by atoms with Gasteiger partial charge in [-0.25, -0.2) is 12.9 Å². The molecule has 5 nitrogen and oxygen atoms in total. The summed E-state index contributed by atoms with van der Waals surface area (Å²) in [4.78, 5) is 0.170. The molecule has 0 aliphatic carbocycles. The van der Waals surface area contributed by atoms with Crippen LogP contribution >= 0.6 is 11.6 Å². The van der Waals surface area contributed by atoms with Crippen LogP contribution in [0.1, 0.15) is 5.56 Å². The van der Waals surface area contributed by atoms with Gasteiger partial charge in [0.15, 0.2) is 0 Å². The SMILES string of the molecule is Cc1ccc(Cl)cc1S(=O)(=O)Nc1ccn2nccc2c1. The summed E-state index contributed by atoms with van der Waals surface area (Å²) in [5.74, 6) is 0. The monoisotopic (exact) mass is 321 g/mol. The molecule has 1 N–H and O–H groups in total. The van der Waals surface area contributed by atoms with Crippen LogP contribution in [0.3, 0.4) is 0 Å². The van der Waals surface area contributed by atoms with E-state index in [4.69, 9.17) is 11.6 Å². The van der Waals surface area contributed by atoms with Crippen LogP contribution in [0.4, 0.5) is 5.69 Å². The molecule has 0 aliphatic rings. The number of nitrogens with zero attached hydrogens (tertiary/aromatic N) is 2. The van der Waals surface area contributed by atoms with Crippen LogP contribution < -0.4 is 4.72 Å². The van der Waals surface area contributed by atoms with Gasteiger partial charge in [0.25, 0.3) is 10.0 Å². The first-order chi connectivity index (χ1) is 9.95. The number of nitrogens with one attached hydrogen (secondary N) is 1. The predicted molar refractivity (Wildman–Crippen MR) is 82.2 cm³/mol. The minimum absolute atomic E-state index is 0.170. The first-order valence-electron chi connectivity index (χ1n) is 6.18.